The van der Waals surface area contributed by atoms with Gasteiger partial charge in [0, 0.05) is 16.2 Å². The van der Waals surface area contributed by atoms with Gasteiger partial charge >= 0.3 is 0 Å². The molecular weight excluding hydrogens is 937 g/mol. The summed E-state index contributed by atoms with van der Waals surface area (Å²) in [6.07, 6.45) is 2.91. The summed E-state index contributed by atoms with van der Waals surface area (Å²) in [7, 11) is 0. The van der Waals surface area contributed by atoms with E-state index in [0.717, 1.165) is 19.3 Å². The largest absolute Gasteiger partial charge is 0.0622 e. The van der Waals surface area contributed by atoms with Crippen molar-refractivity contribution in [3.63, 3.8) is 0 Å². The van der Waals surface area contributed by atoms with Crippen LogP contribution in [0.4, 0.5) is 0 Å². The minimum atomic E-state index is -0.899. The zero-order valence-corrected chi connectivity index (χ0v) is 55.0. The van der Waals surface area contributed by atoms with Crippen LogP contribution in [0.2, 0.25) is 0 Å². The van der Waals surface area contributed by atoms with Crippen molar-refractivity contribution in [3.05, 3.63) is 209 Å². The van der Waals surface area contributed by atoms with E-state index >= 15 is 0 Å². The summed E-state index contributed by atoms with van der Waals surface area (Å²) < 4.78 is 0. The Labute approximate surface area is 479 Å². The average molecular weight is 1050 g/mol. The molecule has 6 aromatic carbocycles. The van der Waals surface area contributed by atoms with Crippen LogP contribution in [0, 0.1) is 27.7 Å². The van der Waals surface area contributed by atoms with Crippen molar-refractivity contribution >= 4 is 0 Å². The fourth-order valence-corrected chi connectivity index (χ4v) is 15.0. The molecule has 7 rings (SSSR count). The van der Waals surface area contributed by atoms with Crippen molar-refractivity contribution in [2.45, 2.75) is 273 Å². The Hall–Kier alpha value is -4.68. The highest BCUT2D eigenvalue weighted by Crippen LogP contribution is 2.75. The van der Waals surface area contributed by atoms with Crippen molar-refractivity contribution in [3.8, 4) is 0 Å². The smallest absolute Gasteiger partial charge is 0.0489 e. The van der Waals surface area contributed by atoms with Gasteiger partial charge in [-0.25, -0.2) is 0 Å². The summed E-state index contributed by atoms with van der Waals surface area (Å²) in [5, 5.41) is 0. The van der Waals surface area contributed by atoms with E-state index in [-0.39, 0.29) is 43.3 Å². The van der Waals surface area contributed by atoms with Gasteiger partial charge in [-0.15, -0.1) is 0 Å². The van der Waals surface area contributed by atoms with Gasteiger partial charge in [-0.1, -0.05) is 304 Å². The first-order valence-electron chi connectivity index (χ1n) is 30.1. The van der Waals surface area contributed by atoms with Gasteiger partial charge in [0.1, 0.15) is 0 Å². The SMILES string of the molecule is Cc1cc(C(C)(C)C)c(C2(c3c(C(C)(C)C)cc(C)cc3C(C)(C)C)CCCC(c3ccccc3)(c3ccccc3)C2(c2c(C(C)(C)C)cc(C)cc2C(C)(C)C)c2c(C(C)(C)C)cc(C)cc2C(C)(C)C)c(C(C)(C)C)c1. The summed E-state index contributed by atoms with van der Waals surface area (Å²) in [5.74, 6) is 0. The molecule has 0 saturated heterocycles. The number of hydrogen-bond acceptors (Lipinski definition) is 0. The van der Waals surface area contributed by atoms with Crippen LogP contribution in [-0.4, -0.2) is 0 Å². The van der Waals surface area contributed by atoms with Crippen molar-refractivity contribution in [2.24, 2.45) is 0 Å². The van der Waals surface area contributed by atoms with Crippen LogP contribution in [0.3, 0.4) is 0 Å². The molecule has 1 saturated carbocycles. The normalized spacial score (nSPS) is 16.6. The number of rotatable bonds is 6. The van der Waals surface area contributed by atoms with E-state index in [9.17, 15) is 0 Å². The summed E-state index contributed by atoms with van der Waals surface area (Å²) in [5.41, 5.74) is 21.4. The lowest BCUT2D eigenvalue weighted by Gasteiger charge is -2.69. The fourth-order valence-electron chi connectivity index (χ4n) is 15.0. The van der Waals surface area contributed by atoms with Gasteiger partial charge < -0.3 is 0 Å². The Bertz CT molecular complexity index is 2820. The Balaban J connectivity index is 2.28. The lowest BCUT2D eigenvalue weighted by Crippen LogP contribution is -2.69. The number of benzene rings is 6. The van der Waals surface area contributed by atoms with E-state index in [1.54, 1.807) is 11.1 Å². The maximum Gasteiger partial charge on any atom is 0.0489 e. The van der Waals surface area contributed by atoms with Crippen molar-refractivity contribution in [2.75, 3.05) is 0 Å². The second-order valence-electron chi connectivity index (χ2n) is 33.1. The Kier molecular flexibility index (Phi) is 15.5. The Morgan fingerprint density at radius 1 is 0.256 bits per heavy atom. The molecule has 0 heterocycles. The molecule has 0 radical (unpaired) electrons. The second-order valence-corrected chi connectivity index (χ2v) is 33.1. The lowest BCUT2D eigenvalue weighted by molar-refractivity contribution is 0.110. The van der Waals surface area contributed by atoms with E-state index in [4.69, 9.17) is 0 Å². The quantitative estimate of drug-likeness (QED) is 0.156. The average Bonchev–Trinajstić information content (AvgIpc) is 2.43. The lowest BCUT2D eigenvalue weighted by atomic mass is 9.32. The van der Waals surface area contributed by atoms with Crippen molar-refractivity contribution in [1.29, 1.82) is 0 Å². The molecule has 78 heavy (non-hydrogen) atoms. The van der Waals surface area contributed by atoms with Gasteiger partial charge in [-0.2, -0.15) is 0 Å². The third-order valence-corrected chi connectivity index (χ3v) is 18.1. The van der Waals surface area contributed by atoms with Gasteiger partial charge in [0.25, 0.3) is 0 Å². The Morgan fingerprint density at radius 3 is 0.654 bits per heavy atom. The first kappa shape index (κ1) is 61.0. The molecule has 0 nitrogen and oxygen atoms in total. The van der Waals surface area contributed by atoms with Crippen LogP contribution >= 0.6 is 0 Å². The molecule has 420 valence electrons. The molecule has 1 aliphatic carbocycles. The van der Waals surface area contributed by atoms with Crippen LogP contribution in [0.15, 0.2) is 109 Å². The molecule has 0 amide bonds. The monoisotopic (exact) mass is 1040 g/mol. The summed E-state index contributed by atoms with van der Waals surface area (Å²) >= 11 is 0. The molecule has 1 aliphatic rings. The maximum atomic E-state index is 2.67. The molecule has 0 spiro atoms. The summed E-state index contributed by atoms with van der Waals surface area (Å²) in [6, 6.07) is 45.6. The van der Waals surface area contributed by atoms with Crippen LogP contribution in [0.5, 0.6) is 0 Å². The molecule has 0 aliphatic heterocycles. The topological polar surface area (TPSA) is 0 Å². The zero-order valence-electron chi connectivity index (χ0n) is 55.0. The van der Waals surface area contributed by atoms with E-state index in [1.807, 2.05) is 0 Å². The zero-order chi connectivity index (χ0) is 58.7. The molecule has 0 heteroatoms. The molecule has 0 N–H and O–H groups in total. The molecule has 1 fully saturated rings. The third-order valence-electron chi connectivity index (χ3n) is 18.1. The fraction of sp³-hybridized carbons (Fsp3) is 0.538. The summed E-state index contributed by atoms with van der Waals surface area (Å²) in [6.45, 7) is 70.3. The van der Waals surface area contributed by atoms with E-state index in [1.165, 1.54) is 89.0 Å². The molecular formula is C78H108. The van der Waals surface area contributed by atoms with Crippen LogP contribution in [-0.2, 0) is 59.6 Å². The minimum absolute atomic E-state index is 0.256. The standard InChI is InChI=1S/C78H108/c1-50-42-56(68(5,6)7)64(57(43-50)69(8,9)10)77(65-58(70(11,12)13)44-51(2)45-59(65)71(14,15)16)41-35-40-76(54-36-31-29-32-37-54,55-38-33-30-34-39-55)78(77,66-60(72(17,18)19)46-52(3)47-61(66)73(20,21)22)67-62(74(23,24)25)48-53(4)49-63(67)75(26,27)28/h29-34,36-39,42-49H,35,40-41H2,1-28H3. The summed E-state index contributed by atoms with van der Waals surface area (Å²) in [4.78, 5) is 0. The number of hydrogen-bond donors (Lipinski definition) is 0. The number of aryl methyl sites for hydroxylation is 4. The van der Waals surface area contributed by atoms with E-state index in [0.29, 0.717) is 0 Å². The van der Waals surface area contributed by atoms with E-state index in [2.05, 4.69) is 303 Å². The molecule has 0 aromatic heterocycles. The van der Waals surface area contributed by atoms with Gasteiger partial charge in [0.05, 0.1) is 0 Å². The van der Waals surface area contributed by atoms with Crippen LogP contribution < -0.4 is 0 Å². The predicted molar refractivity (Wildman–Crippen MR) is 343 cm³/mol. The van der Waals surface area contributed by atoms with Gasteiger partial charge in [-0.05, 0) is 162 Å². The van der Waals surface area contributed by atoms with Crippen LogP contribution in [0.25, 0.3) is 0 Å². The van der Waals surface area contributed by atoms with Crippen molar-refractivity contribution < 1.29 is 0 Å². The maximum absolute atomic E-state index is 2.67. The van der Waals surface area contributed by atoms with Crippen LogP contribution in [0.1, 0.15) is 286 Å². The first-order chi connectivity index (χ1) is 35.4. The van der Waals surface area contributed by atoms with Gasteiger partial charge in [0.15, 0.2) is 0 Å². The molecule has 0 atom stereocenters. The third kappa shape index (κ3) is 10.3. The predicted octanol–water partition coefficient (Wildman–Crippen LogP) is 21.7. The molecule has 0 bridgehead atoms. The van der Waals surface area contributed by atoms with Gasteiger partial charge in [0.2, 0.25) is 0 Å². The highest BCUT2D eigenvalue weighted by molar-refractivity contribution is 5.76. The molecule has 6 aromatic rings. The Morgan fingerprint density at radius 2 is 0.449 bits per heavy atom. The van der Waals surface area contributed by atoms with Gasteiger partial charge in [-0.3, -0.25) is 0 Å². The van der Waals surface area contributed by atoms with E-state index < -0.39 is 16.2 Å². The highest BCUT2D eigenvalue weighted by atomic mass is 14.7. The highest BCUT2D eigenvalue weighted by Gasteiger charge is 2.73. The van der Waals surface area contributed by atoms with Crippen molar-refractivity contribution in [1.82, 2.24) is 0 Å². The second kappa shape index (κ2) is 19.8. The first-order valence-corrected chi connectivity index (χ1v) is 30.1. The molecule has 0 unspecified atom stereocenters. The minimum Gasteiger partial charge on any atom is -0.0622 e.